The fraction of sp³-hybridized carbons (Fsp3) is 0.333. The van der Waals surface area contributed by atoms with Crippen LogP contribution in [0.4, 0.5) is 4.39 Å². The number of halogens is 1. The molecule has 8 heteroatoms. The van der Waals surface area contributed by atoms with Crippen LogP contribution in [0.25, 0.3) is 11.3 Å². The number of benzene rings is 2. The fourth-order valence-electron chi connectivity index (χ4n) is 3.41. The molecule has 168 valence electrons. The van der Waals surface area contributed by atoms with Crippen molar-refractivity contribution in [3.05, 3.63) is 71.7 Å². The van der Waals surface area contributed by atoms with E-state index in [-0.39, 0.29) is 17.5 Å². The first-order valence-corrected chi connectivity index (χ1v) is 10.7. The second-order valence-corrected chi connectivity index (χ2v) is 7.79. The smallest absolute Gasteiger partial charge is 0.243 e. The number of Topliss-reactive ketones (excluding diaryl/α,β-unsaturated/α-hetero) is 1. The zero-order chi connectivity index (χ0) is 22.8. The standard InChI is InChI=1S/C24H27FN4O3/c25-21-13-9-19(10-14-21)16-29-17-23(26-28-29)20-11-7-18(8-12-20)15-22(30)5-3-1-2-4-6-24(31)27-32/h7-14,17,32H,1-6,15-16H2,(H,27,31). The average Bonchev–Trinajstić information content (AvgIpc) is 3.26. The van der Waals surface area contributed by atoms with E-state index >= 15 is 0 Å². The first kappa shape index (κ1) is 23.3. The van der Waals surface area contributed by atoms with Gasteiger partial charge in [0.2, 0.25) is 5.91 Å². The van der Waals surface area contributed by atoms with E-state index in [0.29, 0.717) is 32.2 Å². The van der Waals surface area contributed by atoms with Gasteiger partial charge in [-0.25, -0.2) is 14.6 Å². The molecule has 1 heterocycles. The van der Waals surface area contributed by atoms with E-state index in [1.807, 2.05) is 30.5 Å². The number of hydroxylamine groups is 1. The van der Waals surface area contributed by atoms with Gasteiger partial charge in [0.15, 0.2) is 0 Å². The molecule has 0 atom stereocenters. The summed E-state index contributed by atoms with van der Waals surface area (Å²) in [6, 6.07) is 14.0. The minimum absolute atomic E-state index is 0.191. The lowest BCUT2D eigenvalue weighted by Gasteiger charge is -2.04. The summed E-state index contributed by atoms with van der Waals surface area (Å²) in [5.41, 5.74) is 5.16. The van der Waals surface area contributed by atoms with Crippen LogP contribution in [0, 0.1) is 5.82 Å². The Balaban J connectivity index is 1.43. The van der Waals surface area contributed by atoms with Crippen LogP contribution >= 0.6 is 0 Å². The maximum atomic E-state index is 13.0. The third-order valence-electron chi connectivity index (χ3n) is 5.18. The van der Waals surface area contributed by atoms with Crippen molar-refractivity contribution < 1.29 is 19.2 Å². The molecule has 1 amide bonds. The van der Waals surface area contributed by atoms with Gasteiger partial charge in [-0.05, 0) is 36.1 Å². The van der Waals surface area contributed by atoms with Crippen LogP contribution in [0.15, 0.2) is 54.7 Å². The third kappa shape index (κ3) is 7.39. The summed E-state index contributed by atoms with van der Waals surface area (Å²) in [5, 5.41) is 16.8. The molecule has 3 rings (SSSR count). The molecule has 0 radical (unpaired) electrons. The second-order valence-electron chi connectivity index (χ2n) is 7.79. The number of ketones is 1. The summed E-state index contributed by atoms with van der Waals surface area (Å²) in [6.45, 7) is 0.508. The van der Waals surface area contributed by atoms with Gasteiger partial charge in [0.05, 0.1) is 12.7 Å². The van der Waals surface area contributed by atoms with Gasteiger partial charge in [-0.15, -0.1) is 5.10 Å². The first-order chi connectivity index (χ1) is 15.5. The van der Waals surface area contributed by atoms with Gasteiger partial charge in [0.1, 0.15) is 17.3 Å². The SMILES string of the molecule is O=C(CCCCCCC(=O)NO)Cc1ccc(-c2cn(Cc3ccc(F)cc3)nn2)cc1. The van der Waals surface area contributed by atoms with Crippen LogP contribution in [-0.4, -0.2) is 31.9 Å². The Morgan fingerprint density at radius 1 is 0.906 bits per heavy atom. The van der Waals surface area contributed by atoms with Gasteiger partial charge < -0.3 is 0 Å². The Morgan fingerprint density at radius 3 is 2.25 bits per heavy atom. The lowest BCUT2D eigenvalue weighted by molar-refractivity contribution is -0.129. The molecule has 32 heavy (non-hydrogen) atoms. The van der Waals surface area contributed by atoms with E-state index < -0.39 is 0 Å². The molecular formula is C24H27FN4O3. The van der Waals surface area contributed by atoms with Gasteiger partial charge in [-0.3, -0.25) is 14.8 Å². The summed E-state index contributed by atoms with van der Waals surface area (Å²) >= 11 is 0. The Labute approximate surface area is 186 Å². The molecule has 0 bridgehead atoms. The van der Waals surface area contributed by atoms with Crippen LogP contribution < -0.4 is 5.48 Å². The fourth-order valence-corrected chi connectivity index (χ4v) is 3.41. The quantitative estimate of drug-likeness (QED) is 0.252. The number of aromatic nitrogens is 3. The molecule has 2 aromatic carbocycles. The monoisotopic (exact) mass is 438 g/mol. The van der Waals surface area contributed by atoms with Crippen LogP contribution in [0.5, 0.6) is 0 Å². The highest BCUT2D eigenvalue weighted by atomic mass is 19.1. The number of rotatable bonds is 12. The van der Waals surface area contributed by atoms with E-state index in [1.54, 1.807) is 22.3 Å². The number of nitrogens with zero attached hydrogens (tertiary/aromatic N) is 3. The Bertz CT molecular complexity index is 1020. The summed E-state index contributed by atoms with van der Waals surface area (Å²) < 4.78 is 14.7. The Hall–Kier alpha value is -3.39. The van der Waals surface area contributed by atoms with Crippen molar-refractivity contribution in [3.63, 3.8) is 0 Å². The minimum Gasteiger partial charge on any atom is -0.299 e. The minimum atomic E-state index is -0.375. The molecule has 0 saturated heterocycles. The molecular weight excluding hydrogens is 411 g/mol. The third-order valence-corrected chi connectivity index (χ3v) is 5.18. The van der Waals surface area contributed by atoms with Gasteiger partial charge in [-0.2, -0.15) is 0 Å². The van der Waals surface area contributed by atoms with Crippen molar-refractivity contribution in [3.8, 4) is 11.3 Å². The lowest BCUT2D eigenvalue weighted by atomic mass is 10.0. The number of hydrogen-bond donors (Lipinski definition) is 2. The highest BCUT2D eigenvalue weighted by molar-refractivity contribution is 5.81. The van der Waals surface area contributed by atoms with Crippen LogP contribution in [0.3, 0.4) is 0 Å². The second kappa shape index (κ2) is 11.9. The van der Waals surface area contributed by atoms with E-state index in [1.165, 1.54) is 12.1 Å². The number of amides is 1. The Morgan fingerprint density at radius 2 is 1.56 bits per heavy atom. The van der Waals surface area contributed by atoms with Crippen molar-refractivity contribution in [1.29, 1.82) is 0 Å². The van der Waals surface area contributed by atoms with Gasteiger partial charge in [0, 0.05) is 24.8 Å². The van der Waals surface area contributed by atoms with Gasteiger partial charge in [-0.1, -0.05) is 54.5 Å². The first-order valence-electron chi connectivity index (χ1n) is 10.7. The van der Waals surface area contributed by atoms with Crippen LogP contribution in [0.1, 0.15) is 49.7 Å². The molecule has 0 unspecified atom stereocenters. The highest BCUT2D eigenvalue weighted by Gasteiger charge is 2.08. The topological polar surface area (TPSA) is 97.1 Å². The van der Waals surface area contributed by atoms with Crippen molar-refractivity contribution in [2.45, 2.75) is 51.5 Å². The predicted octanol–water partition coefficient (Wildman–Crippen LogP) is 4.09. The maximum absolute atomic E-state index is 13.0. The molecule has 2 N–H and O–H groups in total. The van der Waals surface area contributed by atoms with Crippen molar-refractivity contribution in [2.24, 2.45) is 0 Å². The van der Waals surface area contributed by atoms with Crippen molar-refractivity contribution >= 4 is 11.7 Å². The van der Waals surface area contributed by atoms with E-state index in [0.717, 1.165) is 41.6 Å². The summed E-state index contributed by atoms with van der Waals surface area (Å²) in [5.74, 6) is -0.452. The lowest BCUT2D eigenvalue weighted by Crippen LogP contribution is -2.17. The summed E-state index contributed by atoms with van der Waals surface area (Å²) in [4.78, 5) is 23.1. The van der Waals surface area contributed by atoms with Crippen LogP contribution in [0.2, 0.25) is 0 Å². The predicted molar refractivity (Wildman–Crippen MR) is 117 cm³/mol. The molecule has 0 aliphatic carbocycles. The zero-order valence-electron chi connectivity index (χ0n) is 17.8. The van der Waals surface area contributed by atoms with E-state index in [4.69, 9.17) is 5.21 Å². The maximum Gasteiger partial charge on any atom is 0.243 e. The molecule has 1 aromatic heterocycles. The van der Waals surface area contributed by atoms with Gasteiger partial charge >= 0.3 is 0 Å². The number of carbonyl (C=O) groups is 2. The molecule has 0 aliphatic rings. The molecule has 0 aliphatic heterocycles. The van der Waals surface area contributed by atoms with E-state index in [2.05, 4.69) is 10.3 Å². The molecule has 7 nitrogen and oxygen atoms in total. The van der Waals surface area contributed by atoms with Crippen molar-refractivity contribution in [1.82, 2.24) is 20.5 Å². The number of carbonyl (C=O) groups excluding carboxylic acids is 2. The molecule has 0 saturated carbocycles. The summed E-state index contributed by atoms with van der Waals surface area (Å²) in [6.07, 6.45) is 6.31. The zero-order valence-corrected chi connectivity index (χ0v) is 17.8. The largest absolute Gasteiger partial charge is 0.299 e. The molecule has 0 spiro atoms. The Kier molecular flexibility index (Phi) is 8.62. The van der Waals surface area contributed by atoms with Crippen LogP contribution in [-0.2, 0) is 22.6 Å². The number of nitrogens with one attached hydrogen (secondary N) is 1. The molecule has 0 fully saturated rings. The summed E-state index contributed by atoms with van der Waals surface area (Å²) in [7, 11) is 0. The van der Waals surface area contributed by atoms with Crippen molar-refractivity contribution in [2.75, 3.05) is 0 Å². The molecule has 3 aromatic rings. The number of unbranched alkanes of at least 4 members (excludes halogenated alkanes) is 3. The average molecular weight is 439 g/mol. The highest BCUT2D eigenvalue weighted by Crippen LogP contribution is 2.18. The normalized spacial score (nSPS) is 10.8. The number of hydrogen-bond acceptors (Lipinski definition) is 5. The van der Waals surface area contributed by atoms with E-state index in [9.17, 15) is 14.0 Å². The van der Waals surface area contributed by atoms with Gasteiger partial charge in [0.25, 0.3) is 0 Å².